The van der Waals surface area contributed by atoms with Gasteiger partial charge in [-0.15, -0.1) is 0 Å². The molecule has 2 heterocycles. The molecule has 5 rings (SSSR count). The van der Waals surface area contributed by atoms with E-state index < -0.39 is 17.7 Å². The molecule has 1 saturated heterocycles. The SMILES string of the molecule is CCOc1ccc(Cl)c(/C(O)=C2\C(=O)C(=O)N(c3ccc(OC)cc3)C2c2c(C)[nH]c3ccccc23)c1. The fraction of sp³-hybridized carbons (Fsp3) is 0.172. The highest BCUT2D eigenvalue weighted by molar-refractivity contribution is 6.52. The zero-order valence-electron chi connectivity index (χ0n) is 20.5. The molecular formula is C29H25ClN2O5. The molecule has 1 amide bonds. The first-order valence-corrected chi connectivity index (χ1v) is 12.2. The van der Waals surface area contributed by atoms with Gasteiger partial charge >= 0.3 is 0 Å². The maximum Gasteiger partial charge on any atom is 0.300 e. The number of ketones is 1. The molecule has 0 bridgehead atoms. The van der Waals surface area contributed by atoms with Crippen LogP contribution in [-0.4, -0.2) is 35.5 Å². The van der Waals surface area contributed by atoms with Crippen LogP contribution in [0.1, 0.15) is 29.8 Å². The molecule has 3 aromatic carbocycles. The number of aromatic nitrogens is 1. The molecular weight excluding hydrogens is 492 g/mol. The van der Waals surface area contributed by atoms with Crippen LogP contribution in [0.4, 0.5) is 5.69 Å². The quantitative estimate of drug-likeness (QED) is 0.182. The third kappa shape index (κ3) is 4.11. The Morgan fingerprint density at radius 1 is 1.05 bits per heavy atom. The van der Waals surface area contributed by atoms with Crippen LogP contribution < -0.4 is 14.4 Å². The Balaban J connectivity index is 1.79. The van der Waals surface area contributed by atoms with Crippen molar-refractivity contribution in [3.8, 4) is 11.5 Å². The van der Waals surface area contributed by atoms with Crippen molar-refractivity contribution >= 4 is 45.6 Å². The number of para-hydroxylation sites is 1. The molecule has 1 aliphatic heterocycles. The molecule has 1 unspecified atom stereocenters. The van der Waals surface area contributed by atoms with Gasteiger partial charge in [0.15, 0.2) is 0 Å². The van der Waals surface area contributed by atoms with E-state index in [-0.39, 0.29) is 21.9 Å². The Morgan fingerprint density at radius 2 is 1.76 bits per heavy atom. The third-order valence-corrected chi connectivity index (χ3v) is 6.85. The second-order valence-corrected chi connectivity index (χ2v) is 9.06. The lowest BCUT2D eigenvalue weighted by molar-refractivity contribution is -0.132. The van der Waals surface area contributed by atoms with Crippen molar-refractivity contribution < 1.29 is 24.2 Å². The summed E-state index contributed by atoms with van der Waals surface area (Å²) >= 11 is 6.46. The number of aliphatic hydroxyl groups excluding tert-OH is 1. The van der Waals surface area contributed by atoms with Gasteiger partial charge in [0.25, 0.3) is 11.7 Å². The Labute approximate surface area is 218 Å². The zero-order chi connectivity index (χ0) is 26.3. The predicted molar refractivity (Wildman–Crippen MR) is 143 cm³/mol. The minimum atomic E-state index is -0.906. The molecule has 0 aliphatic carbocycles. The standard InChI is InChI=1S/C29H25ClN2O5/c1-4-37-19-13-14-22(30)21(15-19)27(33)25-26(24-16(2)31-23-8-6-5-7-20(23)24)32(29(35)28(25)34)17-9-11-18(36-3)12-10-17/h5-15,26,31,33H,4H2,1-3H3/b27-25+. The van der Waals surface area contributed by atoms with E-state index in [4.69, 9.17) is 21.1 Å². The van der Waals surface area contributed by atoms with E-state index in [2.05, 4.69) is 4.98 Å². The van der Waals surface area contributed by atoms with Gasteiger partial charge in [-0.2, -0.15) is 0 Å². The van der Waals surface area contributed by atoms with Crippen molar-refractivity contribution in [2.75, 3.05) is 18.6 Å². The Hall–Kier alpha value is -4.23. The molecule has 37 heavy (non-hydrogen) atoms. The number of benzene rings is 3. The van der Waals surface area contributed by atoms with Gasteiger partial charge < -0.3 is 19.6 Å². The van der Waals surface area contributed by atoms with Gasteiger partial charge in [0.05, 0.1) is 30.4 Å². The maximum absolute atomic E-state index is 13.6. The van der Waals surface area contributed by atoms with Crippen molar-refractivity contribution in [2.24, 2.45) is 0 Å². The number of H-pyrrole nitrogens is 1. The fourth-order valence-corrected chi connectivity index (χ4v) is 5.06. The van der Waals surface area contributed by atoms with Crippen molar-refractivity contribution in [2.45, 2.75) is 19.9 Å². The fourth-order valence-electron chi connectivity index (χ4n) is 4.85. The number of ether oxygens (including phenoxy) is 2. The van der Waals surface area contributed by atoms with E-state index in [1.165, 1.54) is 4.90 Å². The van der Waals surface area contributed by atoms with Crippen LogP contribution in [0.5, 0.6) is 11.5 Å². The summed E-state index contributed by atoms with van der Waals surface area (Å²) in [4.78, 5) is 31.9. The smallest absolute Gasteiger partial charge is 0.300 e. The highest BCUT2D eigenvalue weighted by atomic mass is 35.5. The summed E-state index contributed by atoms with van der Waals surface area (Å²) in [5, 5.41) is 12.6. The number of anilines is 1. The first-order chi connectivity index (χ1) is 17.8. The normalized spacial score (nSPS) is 17.0. The first-order valence-electron chi connectivity index (χ1n) is 11.8. The molecule has 188 valence electrons. The first kappa shape index (κ1) is 24.5. The lowest BCUT2D eigenvalue weighted by Crippen LogP contribution is -2.29. The van der Waals surface area contributed by atoms with Crippen LogP contribution in [0.3, 0.4) is 0 Å². The number of carbonyl (C=O) groups excluding carboxylic acids is 2. The highest BCUT2D eigenvalue weighted by Crippen LogP contribution is 2.46. The average Bonchev–Trinajstić information content (AvgIpc) is 3.37. The van der Waals surface area contributed by atoms with E-state index >= 15 is 0 Å². The topological polar surface area (TPSA) is 91.9 Å². The van der Waals surface area contributed by atoms with E-state index in [1.807, 2.05) is 38.1 Å². The van der Waals surface area contributed by atoms with Gasteiger partial charge in [0.2, 0.25) is 0 Å². The van der Waals surface area contributed by atoms with Crippen LogP contribution in [0.25, 0.3) is 16.7 Å². The number of hydrogen-bond acceptors (Lipinski definition) is 5. The van der Waals surface area contributed by atoms with Crippen LogP contribution in [0.15, 0.2) is 72.3 Å². The molecule has 4 aromatic rings. The van der Waals surface area contributed by atoms with Crippen LogP contribution >= 0.6 is 11.6 Å². The summed E-state index contributed by atoms with van der Waals surface area (Å²) in [6, 6.07) is 18.4. The second kappa shape index (κ2) is 9.67. The largest absolute Gasteiger partial charge is 0.507 e. The number of Topliss-reactive ketones (excluding diaryl/α,β-unsaturated/α-hetero) is 1. The molecule has 0 radical (unpaired) electrons. The summed E-state index contributed by atoms with van der Waals surface area (Å²) in [5.41, 5.74) is 2.99. The molecule has 1 atom stereocenters. The lowest BCUT2D eigenvalue weighted by atomic mass is 9.93. The molecule has 1 aliphatic rings. The number of halogens is 1. The van der Waals surface area contributed by atoms with Crippen molar-refractivity contribution in [3.63, 3.8) is 0 Å². The molecule has 0 spiro atoms. The number of aliphatic hydroxyl groups is 1. The van der Waals surface area contributed by atoms with Gasteiger partial charge in [0.1, 0.15) is 17.3 Å². The molecule has 1 fully saturated rings. The summed E-state index contributed by atoms with van der Waals surface area (Å²) in [6.45, 7) is 4.14. The molecule has 8 heteroatoms. The van der Waals surface area contributed by atoms with Crippen LogP contribution in [0, 0.1) is 6.92 Å². The van der Waals surface area contributed by atoms with Gasteiger partial charge in [-0.1, -0.05) is 29.8 Å². The number of nitrogens with one attached hydrogen (secondary N) is 1. The van der Waals surface area contributed by atoms with E-state index in [0.717, 1.165) is 16.6 Å². The van der Waals surface area contributed by atoms with Crippen LogP contribution in [0.2, 0.25) is 5.02 Å². The summed E-state index contributed by atoms with van der Waals surface area (Å²) in [7, 11) is 1.55. The molecule has 0 saturated carbocycles. The van der Waals surface area contributed by atoms with E-state index in [0.29, 0.717) is 29.4 Å². The van der Waals surface area contributed by atoms with Crippen molar-refractivity contribution in [1.29, 1.82) is 0 Å². The number of amides is 1. The van der Waals surface area contributed by atoms with Crippen molar-refractivity contribution in [3.05, 3.63) is 94.1 Å². The van der Waals surface area contributed by atoms with E-state index in [9.17, 15) is 14.7 Å². The number of rotatable bonds is 6. The van der Waals surface area contributed by atoms with Gasteiger partial charge in [-0.05, 0) is 62.4 Å². The molecule has 2 N–H and O–H groups in total. The number of hydrogen-bond donors (Lipinski definition) is 2. The molecule has 7 nitrogen and oxygen atoms in total. The minimum Gasteiger partial charge on any atom is -0.507 e. The number of fused-ring (bicyclic) bond motifs is 1. The Kier molecular flexibility index (Phi) is 6.39. The summed E-state index contributed by atoms with van der Waals surface area (Å²) in [6.07, 6.45) is 0. The van der Waals surface area contributed by atoms with Gasteiger partial charge in [-0.3, -0.25) is 14.5 Å². The summed E-state index contributed by atoms with van der Waals surface area (Å²) < 4.78 is 10.8. The van der Waals surface area contributed by atoms with Crippen molar-refractivity contribution in [1.82, 2.24) is 4.98 Å². The average molecular weight is 517 g/mol. The zero-order valence-corrected chi connectivity index (χ0v) is 21.3. The number of aromatic amines is 1. The third-order valence-electron chi connectivity index (χ3n) is 6.52. The monoisotopic (exact) mass is 516 g/mol. The number of aryl methyl sites for hydroxylation is 1. The number of carbonyl (C=O) groups is 2. The minimum absolute atomic E-state index is 0.0516. The summed E-state index contributed by atoms with van der Waals surface area (Å²) in [5.74, 6) is -0.827. The second-order valence-electron chi connectivity index (χ2n) is 8.65. The molecule has 1 aromatic heterocycles. The van der Waals surface area contributed by atoms with Gasteiger partial charge in [-0.25, -0.2) is 0 Å². The number of methoxy groups -OCH3 is 1. The van der Waals surface area contributed by atoms with Gasteiger partial charge in [0, 0.05) is 33.4 Å². The van der Waals surface area contributed by atoms with E-state index in [1.54, 1.807) is 49.6 Å². The lowest BCUT2D eigenvalue weighted by Gasteiger charge is -2.26. The van der Waals surface area contributed by atoms with Crippen LogP contribution in [-0.2, 0) is 9.59 Å². The Morgan fingerprint density at radius 3 is 2.46 bits per heavy atom. The Bertz CT molecular complexity index is 1550. The highest BCUT2D eigenvalue weighted by Gasteiger charge is 2.48. The number of nitrogens with zero attached hydrogens (tertiary/aromatic N) is 1. The maximum atomic E-state index is 13.6. The predicted octanol–water partition coefficient (Wildman–Crippen LogP) is 6.16.